The van der Waals surface area contributed by atoms with Crippen molar-refractivity contribution in [3.63, 3.8) is 0 Å². The number of Topliss-reactive ketones (excluding diaryl/α,β-unsaturated/α-hetero) is 1. The van der Waals surface area contributed by atoms with E-state index in [-0.39, 0.29) is 5.57 Å². The molecule has 0 unspecified atom stereocenters. The van der Waals surface area contributed by atoms with Gasteiger partial charge in [-0.3, -0.25) is 9.59 Å². The summed E-state index contributed by atoms with van der Waals surface area (Å²) >= 11 is 13.9. The molecule has 6 nitrogen and oxygen atoms in total. The fourth-order valence-electron chi connectivity index (χ4n) is 3.91. The molecular formula is C27H19Br4NO5. The van der Waals surface area contributed by atoms with Gasteiger partial charge in [-0.25, -0.2) is 0 Å². The van der Waals surface area contributed by atoms with Gasteiger partial charge in [0, 0.05) is 11.1 Å². The molecule has 3 aromatic rings. The number of benzene rings is 3. The van der Waals surface area contributed by atoms with E-state index in [0.717, 1.165) is 10.0 Å². The molecule has 0 atom stereocenters. The lowest BCUT2D eigenvalue weighted by Gasteiger charge is -2.12. The van der Waals surface area contributed by atoms with Crippen molar-refractivity contribution in [2.75, 3.05) is 21.3 Å². The van der Waals surface area contributed by atoms with Crippen molar-refractivity contribution in [3.8, 4) is 17.2 Å². The number of hydrogen-bond acceptors (Lipinski definition) is 5. The Bertz CT molecular complexity index is 1470. The van der Waals surface area contributed by atoms with Crippen molar-refractivity contribution < 1.29 is 23.8 Å². The highest BCUT2D eigenvalue weighted by atomic mass is 79.9. The number of allylic oxidation sites excluding steroid dienone is 1. The number of hydrogen-bond donors (Lipinski definition) is 1. The fraction of sp³-hybridized carbons (Fsp3) is 0.111. The van der Waals surface area contributed by atoms with Crippen LogP contribution in [0.5, 0.6) is 17.2 Å². The molecule has 0 saturated heterocycles. The van der Waals surface area contributed by atoms with E-state index >= 15 is 0 Å². The Morgan fingerprint density at radius 2 is 1.38 bits per heavy atom. The number of carbonyl (C=O) groups is 2. The minimum absolute atomic E-state index is 0.0276. The minimum Gasteiger partial charge on any atom is -0.496 e. The largest absolute Gasteiger partial charge is 0.496 e. The fourth-order valence-corrected chi connectivity index (χ4v) is 6.52. The van der Waals surface area contributed by atoms with E-state index in [1.807, 2.05) is 36.4 Å². The molecule has 10 heteroatoms. The molecule has 1 heterocycles. The van der Waals surface area contributed by atoms with Crippen LogP contribution >= 0.6 is 63.7 Å². The van der Waals surface area contributed by atoms with Gasteiger partial charge in [0.25, 0.3) is 5.91 Å². The van der Waals surface area contributed by atoms with Gasteiger partial charge in [0.05, 0.1) is 50.5 Å². The van der Waals surface area contributed by atoms with Crippen LogP contribution in [0.25, 0.3) is 11.6 Å². The maximum absolute atomic E-state index is 13.8. The Kier molecular flexibility index (Phi) is 8.63. The van der Waals surface area contributed by atoms with Gasteiger partial charge >= 0.3 is 0 Å². The zero-order valence-corrected chi connectivity index (χ0v) is 26.1. The van der Waals surface area contributed by atoms with Crippen LogP contribution in [0.1, 0.15) is 21.5 Å². The second kappa shape index (κ2) is 11.6. The Balaban J connectivity index is 1.93. The molecular weight excluding hydrogens is 738 g/mol. The zero-order chi connectivity index (χ0) is 26.9. The first-order chi connectivity index (χ1) is 17.7. The molecule has 37 heavy (non-hydrogen) atoms. The lowest BCUT2D eigenvalue weighted by molar-refractivity contribution is -0.115. The number of carbonyl (C=O) groups excluding carboxylic acids is 2. The molecule has 1 amide bonds. The number of nitrogens with one attached hydrogen (secondary N) is 1. The average molecular weight is 757 g/mol. The van der Waals surface area contributed by atoms with Gasteiger partial charge < -0.3 is 19.5 Å². The molecule has 0 bridgehead atoms. The lowest BCUT2D eigenvalue weighted by atomic mass is 9.93. The molecule has 0 fully saturated rings. The smallest absolute Gasteiger partial charge is 0.260 e. The summed E-state index contributed by atoms with van der Waals surface area (Å²) in [6.45, 7) is 0. The van der Waals surface area contributed by atoms with Gasteiger partial charge in [-0.15, -0.1) is 0 Å². The Morgan fingerprint density at radius 3 is 1.92 bits per heavy atom. The Labute approximate surface area is 247 Å². The normalized spacial score (nSPS) is 14.1. The van der Waals surface area contributed by atoms with Gasteiger partial charge in [-0.1, -0.05) is 12.1 Å². The summed E-state index contributed by atoms with van der Waals surface area (Å²) in [7, 11) is 4.69. The predicted octanol–water partition coefficient (Wildman–Crippen LogP) is 7.57. The first-order valence-electron chi connectivity index (χ1n) is 10.7. The standard InChI is InChI=1S/C27H19Br4NO5/c1-35-21-6-4-13(8-16(21)28)9-20-23(14-5-7-22(36-2)17(29)10-14)24(27(34)32-20)25(33)15-11-18(30)26(37-3)19(31)12-15/h4-12H,1-3H3,(H,32,34)/b20-9-. The van der Waals surface area contributed by atoms with Crippen LogP contribution in [0.2, 0.25) is 0 Å². The second-order valence-electron chi connectivity index (χ2n) is 7.81. The molecule has 4 rings (SSSR count). The zero-order valence-electron chi connectivity index (χ0n) is 19.7. The molecule has 0 saturated carbocycles. The summed E-state index contributed by atoms with van der Waals surface area (Å²) < 4.78 is 18.7. The predicted molar refractivity (Wildman–Crippen MR) is 157 cm³/mol. The Hall–Kier alpha value is -2.40. The first-order valence-corrected chi connectivity index (χ1v) is 13.9. The monoisotopic (exact) mass is 753 g/mol. The van der Waals surface area contributed by atoms with E-state index in [1.165, 1.54) is 7.11 Å². The van der Waals surface area contributed by atoms with Crippen molar-refractivity contribution >= 4 is 87.1 Å². The van der Waals surface area contributed by atoms with Crippen LogP contribution in [-0.4, -0.2) is 33.0 Å². The van der Waals surface area contributed by atoms with Crippen molar-refractivity contribution in [1.82, 2.24) is 5.32 Å². The van der Waals surface area contributed by atoms with Crippen molar-refractivity contribution in [2.45, 2.75) is 0 Å². The van der Waals surface area contributed by atoms with E-state index in [9.17, 15) is 9.59 Å². The van der Waals surface area contributed by atoms with Crippen LogP contribution in [0.15, 0.2) is 77.7 Å². The summed E-state index contributed by atoms with van der Waals surface area (Å²) in [5, 5.41) is 2.89. The highest BCUT2D eigenvalue weighted by molar-refractivity contribution is 9.11. The molecule has 190 valence electrons. The van der Waals surface area contributed by atoms with Crippen molar-refractivity contribution in [3.05, 3.63) is 94.4 Å². The van der Waals surface area contributed by atoms with E-state index < -0.39 is 11.7 Å². The summed E-state index contributed by atoms with van der Waals surface area (Å²) in [5.74, 6) is 0.934. The molecule has 1 aliphatic heterocycles. The number of ketones is 1. The topological polar surface area (TPSA) is 73.9 Å². The highest BCUT2D eigenvalue weighted by Gasteiger charge is 2.34. The molecule has 1 aliphatic rings. The van der Waals surface area contributed by atoms with E-state index in [4.69, 9.17) is 14.2 Å². The maximum Gasteiger partial charge on any atom is 0.260 e. The molecule has 3 aromatic carbocycles. The van der Waals surface area contributed by atoms with E-state index in [1.54, 1.807) is 32.4 Å². The number of ether oxygens (including phenoxy) is 3. The quantitative estimate of drug-likeness (QED) is 0.199. The van der Waals surface area contributed by atoms with E-state index in [0.29, 0.717) is 53.1 Å². The molecule has 0 aliphatic carbocycles. The van der Waals surface area contributed by atoms with Crippen molar-refractivity contribution in [1.29, 1.82) is 0 Å². The number of methoxy groups -OCH3 is 3. The van der Waals surface area contributed by atoms with Gasteiger partial charge in [0.1, 0.15) is 17.2 Å². The van der Waals surface area contributed by atoms with Gasteiger partial charge in [-0.2, -0.15) is 0 Å². The molecule has 0 radical (unpaired) electrons. The van der Waals surface area contributed by atoms with Crippen molar-refractivity contribution in [2.24, 2.45) is 0 Å². The summed E-state index contributed by atoms with van der Waals surface area (Å²) in [6.07, 6.45) is 1.82. The van der Waals surface area contributed by atoms with Crippen LogP contribution in [0.4, 0.5) is 0 Å². The number of halogens is 4. The third-order valence-electron chi connectivity index (χ3n) is 5.61. The molecule has 0 spiro atoms. The van der Waals surface area contributed by atoms with Crippen LogP contribution < -0.4 is 19.5 Å². The first kappa shape index (κ1) is 27.6. The molecule has 0 aromatic heterocycles. The van der Waals surface area contributed by atoms with Crippen LogP contribution in [-0.2, 0) is 4.79 Å². The van der Waals surface area contributed by atoms with Gasteiger partial charge in [0.2, 0.25) is 0 Å². The minimum atomic E-state index is -0.492. The highest BCUT2D eigenvalue weighted by Crippen LogP contribution is 2.40. The summed E-state index contributed by atoms with van der Waals surface area (Å²) in [4.78, 5) is 27.1. The third kappa shape index (κ3) is 5.57. The molecule has 1 N–H and O–H groups in total. The van der Waals surface area contributed by atoms with Gasteiger partial charge in [-0.05, 0) is 117 Å². The Morgan fingerprint density at radius 1 is 0.784 bits per heavy atom. The van der Waals surface area contributed by atoms with Crippen LogP contribution in [0, 0.1) is 0 Å². The van der Waals surface area contributed by atoms with E-state index in [2.05, 4.69) is 69.0 Å². The summed E-state index contributed by atoms with van der Waals surface area (Å²) in [6, 6.07) is 14.2. The lowest BCUT2D eigenvalue weighted by Crippen LogP contribution is -2.20. The second-order valence-corrected chi connectivity index (χ2v) is 11.2. The average Bonchev–Trinajstić information content (AvgIpc) is 3.18. The van der Waals surface area contributed by atoms with Gasteiger partial charge in [0.15, 0.2) is 5.78 Å². The van der Waals surface area contributed by atoms with Crippen LogP contribution in [0.3, 0.4) is 0 Å². The summed E-state index contributed by atoms with van der Waals surface area (Å²) in [5.41, 5.74) is 2.79. The number of amides is 1. The maximum atomic E-state index is 13.8. The third-order valence-corrected chi connectivity index (χ3v) is 8.03. The SMILES string of the molecule is COc1ccc(/C=C2\NC(=O)C(C(=O)c3cc(Br)c(OC)c(Br)c3)=C2c2ccc(OC)c(Br)c2)cc1Br. The number of rotatable bonds is 7.